The number of hydrogen-bond donors (Lipinski definition) is 1. The van der Waals surface area contributed by atoms with Crippen molar-refractivity contribution in [3.63, 3.8) is 0 Å². The molecule has 0 spiro atoms. The molecule has 2 rings (SSSR count). The van der Waals surface area contributed by atoms with Crippen molar-refractivity contribution in [1.29, 1.82) is 0 Å². The Hall–Kier alpha value is -0.260. The number of likely N-dealkylation sites (N-methyl/N-ethyl adjacent to an activating group) is 1. The maximum atomic E-state index is 12.3. The van der Waals surface area contributed by atoms with E-state index in [0.717, 1.165) is 31.7 Å². The molecule has 2 heterocycles. The van der Waals surface area contributed by atoms with E-state index in [1.54, 1.807) is 0 Å². The van der Waals surface area contributed by atoms with Crippen molar-refractivity contribution in [1.82, 2.24) is 9.80 Å². The van der Waals surface area contributed by atoms with E-state index in [-0.39, 0.29) is 17.9 Å². The summed E-state index contributed by atoms with van der Waals surface area (Å²) in [5.74, 6) is 2.85. The Balaban J connectivity index is 1.81. The zero-order chi connectivity index (χ0) is 13.8. The van der Waals surface area contributed by atoms with Gasteiger partial charge in [0.15, 0.2) is 0 Å². The average Bonchev–Trinajstić information content (AvgIpc) is 2.92. The second-order valence-electron chi connectivity index (χ2n) is 5.92. The Morgan fingerprint density at radius 2 is 2.32 bits per heavy atom. The largest absolute Gasteiger partial charge is 0.393 e. The molecule has 0 aromatic carbocycles. The molecule has 0 aliphatic carbocycles. The second kappa shape index (κ2) is 6.95. The van der Waals surface area contributed by atoms with Crippen LogP contribution in [0.5, 0.6) is 0 Å². The molecule has 4 nitrogen and oxygen atoms in total. The van der Waals surface area contributed by atoms with E-state index < -0.39 is 0 Å². The van der Waals surface area contributed by atoms with Crippen molar-refractivity contribution in [2.75, 3.05) is 38.2 Å². The summed E-state index contributed by atoms with van der Waals surface area (Å²) in [6.45, 7) is 3.94. The molecule has 0 radical (unpaired) electrons. The van der Waals surface area contributed by atoms with E-state index >= 15 is 0 Å². The molecule has 1 N–H and O–H groups in total. The van der Waals surface area contributed by atoms with Gasteiger partial charge in [-0.05, 0) is 39.0 Å². The highest BCUT2D eigenvalue weighted by Gasteiger charge is 2.28. The van der Waals surface area contributed by atoms with E-state index in [1.807, 2.05) is 23.6 Å². The van der Waals surface area contributed by atoms with Gasteiger partial charge in [-0.3, -0.25) is 9.69 Å². The molecular formula is C14H26N2O2S. The van der Waals surface area contributed by atoms with E-state index in [4.69, 9.17) is 0 Å². The van der Waals surface area contributed by atoms with E-state index in [9.17, 15) is 9.90 Å². The number of carbonyl (C=O) groups excluding carboxylic acids is 1. The number of hydrogen-bond acceptors (Lipinski definition) is 4. The summed E-state index contributed by atoms with van der Waals surface area (Å²) in [7, 11) is 2.06. The number of nitrogens with zero attached hydrogens (tertiary/aromatic N) is 2. The number of thioether (sulfide) groups is 1. The Kier molecular flexibility index (Phi) is 5.54. The molecule has 2 saturated heterocycles. The number of rotatable bonds is 4. The number of aliphatic hydroxyl groups is 1. The molecular weight excluding hydrogens is 260 g/mol. The lowest BCUT2D eigenvalue weighted by molar-refractivity contribution is -0.135. The number of piperidine rings is 1. The third-order valence-corrected chi connectivity index (χ3v) is 5.55. The molecule has 2 aliphatic rings. The van der Waals surface area contributed by atoms with E-state index in [0.29, 0.717) is 12.6 Å². The van der Waals surface area contributed by atoms with Gasteiger partial charge < -0.3 is 10.0 Å². The maximum absolute atomic E-state index is 12.3. The predicted molar refractivity (Wildman–Crippen MR) is 79.3 cm³/mol. The monoisotopic (exact) mass is 286 g/mol. The zero-order valence-electron chi connectivity index (χ0n) is 12.0. The minimum atomic E-state index is -0.306. The van der Waals surface area contributed by atoms with Crippen molar-refractivity contribution >= 4 is 17.7 Å². The zero-order valence-corrected chi connectivity index (χ0v) is 12.9. The maximum Gasteiger partial charge on any atom is 0.236 e. The van der Waals surface area contributed by atoms with Gasteiger partial charge in [-0.15, -0.1) is 0 Å². The van der Waals surface area contributed by atoms with Crippen LogP contribution in [0.15, 0.2) is 0 Å². The number of aliphatic hydroxyl groups excluding tert-OH is 1. The van der Waals surface area contributed by atoms with E-state index in [1.165, 1.54) is 12.2 Å². The SMILES string of the molecule is CC(O)C1CCCN(C(=O)CN(C)C2CCSC2)C1. The highest BCUT2D eigenvalue weighted by molar-refractivity contribution is 7.99. The van der Waals surface area contributed by atoms with Crippen molar-refractivity contribution in [2.45, 2.75) is 38.3 Å². The third-order valence-electron chi connectivity index (χ3n) is 4.41. The van der Waals surface area contributed by atoms with Crippen LogP contribution in [0.1, 0.15) is 26.2 Å². The predicted octanol–water partition coefficient (Wildman–Crippen LogP) is 1.04. The summed E-state index contributed by atoms with van der Waals surface area (Å²) < 4.78 is 0. The highest BCUT2D eigenvalue weighted by Crippen LogP contribution is 2.22. The van der Waals surface area contributed by atoms with Crippen LogP contribution in [0.3, 0.4) is 0 Å². The minimum Gasteiger partial charge on any atom is -0.393 e. The summed E-state index contributed by atoms with van der Waals surface area (Å²) >= 11 is 1.98. The molecule has 0 bridgehead atoms. The lowest BCUT2D eigenvalue weighted by Crippen LogP contribution is -2.48. The summed E-state index contributed by atoms with van der Waals surface area (Å²) in [5.41, 5.74) is 0. The first-order chi connectivity index (χ1) is 9.08. The molecule has 3 unspecified atom stereocenters. The summed E-state index contributed by atoms with van der Waals surface area (Å²) in [6.07, 6.45) is 2.95. The fraction of sp³-hybridized carbons (Fsp3) is 0.929. The fourth-order valence-electron chi connectivity index (χ4n) is 2.94. The minimum absolute atomic E-state index is 0.227. The van der Waals surface area contributed by atoms with Gasteiger partial charge in [0, 0.05) is 30.8 Å². The van der Waals surface area contributed by atoms with E-state index in [2.05, 4.69) is 11.9 Å². The molecule has 2 aliphatic heterocycles. The highest BCUT2D eigenvalue weighted by atomic mass is 32.2. The average molecular weight is 286 g/mol. The van der Waals surface area contributed by atoms with Gasteiger partial charge in [-0.2, -0.15) is 11.8 Å². The smallest absolute Gasteiger partial charge is 0.236 e. The van der Waals surface area contributed by atoms with Gasteiger partial charge in [0.1, 0.15) is 0 Å². The van der Waals surface area contributed by atoms with Crippen LogP contribution in [-0.4, -0.2) is 71.1 Å². The molecule has 3 atom stereocenters. The van der Waals surface area contributed by atoms with Crippen LogP contribution >= 0.6 is 11.8 Å². The molecule has 2 fully saturated rings. The Morgan fingerprint density at radius 3 is 2.95 bits per heavy atom. The quantitative estimate of drug-likeness (QED) is 0.839. The first kappa shape index (κ1) is 15.1. The first-order valence-electron chi connectivity index (χ1n) is 7.31. The molecule has 0 aromatic rings. The fourth-order valence-corrected chi connectivity index (χ4v) is 4.24. The van der Waals surface area contributed by atoms with Crippen LogP contribution < -0.4 is 0 Å². The van der Waals surface area contributed by atoms with Gasteiger partial charge in [0.05, 0.1) is 12.6 Å². The number of likely N-dealkylation sites (tertiary alicyclic amines) is 1. The van der Waals surface area contributed by atoms with Gasteiger partial charge >= 0.3 is 0 Å². The molecule has 1 amide bonds. The van der Waals surface area contributed by atoms with Gasteiger partial charge in [-0.25, -0.2) is 0 Å². The second-order valence-corrected chi connectivity index (χ2v) is 7.07. The van der Waals surface area contributed by atoms with Gasteiger partial charge in [-0.1, -0.05) is 0 Å². The van der Waals surface area contributed by atoms with Crippen molar-refractivity contribution in [3.8, 4) is 0 Å². The first-order valence-corrected chi connectivity index (χ1v) is 8.47. The number of amides is 1. The summed E-state index contributed by atoms with van der Waals surface area (Å²) in [5, 5.41) is 9.68. The molecule has 110 valence electrons. The Bertz CT molecular complexity index is 306. The van der Waals surface area contributed by atoms with Crippen LogP contribution in [-0.2, 0) is 4.79 Å². The lowest BCUT2D eigenvalue weighted by Gasteiger charge is -2.35. The molecule has 0 saturated carbocycles. The molecule has 5 heteroatoms. The Labute approximate surface area is 120 Å². The Morgan fingerprint density at radius 1 is 1.53 bits per heavy atom. The number of carbonyl (C=O) groups is 1. The normalized spacial score (nSPS) is 29.8. The van der Waals surface area contributed by atoms with Crippen molar-refractivity contribution in [2.24, 2.45) is 5.92 Å². The van der Waals surface area contributed by atoms with Crippen molar-refractivity contribution < 1.29 is 9.90 Å². The molecule has 0 aromatic heterocycles. The lowest BCUT2D eigenvalue weighted by atomic mass is 9.93. The third kappa shape index (κ3) is 4.10. The van der Waals surface area contributed by atoms with Crippen LogP contribution in [0.2, 0.25) is 0 Å². The topological polar surface area (TPSA) is 43.8 Å². The van der Waals surface area contributed by atoms with Gasteiger partial charge in [0.2, 0.25) is 5.91 Å². The molecule has 19 heavy (non-hydrogen) atoms. The van der Waals surface area contributed by atoms with Crippen LogP contribution in [0.25, 0.3) is 0 Å². The van der Waals surface area contributed by atoms with Crippen LogP contribution in [0.4, 0.5) is 0 Å². The van der Waals surface area contributed by atoms with Crippen LogP contribution in [0, 0.1) is 5.92 Å². The summed E-state index contributed by atoms with van der Waals surface area (Å²) in [6, 6.07) is 0.561. The van der Waals surface area contributed by atoms with Crippen molar-refractivity contribution in [3.05, 3.63) is 0 Å². The summed E-state index contributed by atoms with van der Waals surface area (Å²) in [4.78, 5) is 16.5. The standard InChI is InChI=1S/C14H26N2O2S/c1-11(17)12-4-3-6-16(8-12)14(18)9-15(2)13-5-7-19-10-13/h11-13,17H,3-10H2,1-2H3. The van der Waals surface area contributed by atoms with Gasteiger partial charge in [0.25, 0.3) is 0 Å².